The van der Waals surface area contributed by atoms with Gasteiger partial charge < -0.3 is 16.4 Å². The molecule has 144 valence electrons. The Kier molecular flexibility index (Phi) is 8.24. The van der Waals surface area contributed by atoms with E-state index >= 15 is 0 Å². The Labute approximate surface area is 158 Å². The Morgan fingerprint density at radius 2 is 2.00 bits per heavy atom. The first-order chi connectivity index (χ1) is 12.2. The lowest BCUT2D eigenvalue weighted by atomic mass is 10.1. The summed E-state index contributed by atoms with van der Waals surface area (Å²) in [6.45, 7) is 9.01. The summed E-state index contributed by atoms with van der Waals surface area (Å²) in [5, 5.41) is 2.25. The molecule has 1 aromatic rings. The molecular formula is C16H26ClN7O2. The van der Waals surface area contributed by atoms with Gasteiger partial charge in [-0.1, -0.05) is 38.8 Å². The number of carbonyl (C=O) groups is 2. The van der Waals surface area contributed by atoms with Gasteiger partial charge in [0.05, 0.1) is 0 Å². The first-order valence-electron chi connectivity index (χ1n) is 8.43. The molecule has 1 unspecified atom stereocenters. The van der Waals surface area contributed by atoms with Crippen molar-refractivity contribution in [2.24, 2.45) is 16.6 Å². The van der Waals surface area contributed by atoms with E-state index in [0.29, 0.717) is 11.7 Å². The summed E-state index contributed by atoms with van der Waals surface area (Å²) < 4.78 is 0. The van der Waals surface area contributed by atoms with Crippen molar-refractivity contribution >= 4 is 41.0 Å². The van der Waals surface area contributed by atoms with E-state index in [4.69, 9.17) is 23.1 Å². The van der Waals surface area contributed by atoms with Gasteiger partial charge in [-0.3, -0.25) is 14.9 Å². The summed E-state index contributed by atoms with van der Waals surface area (Å²) in [6.07, 6.45) is 1.90. The maximum Gasteiger partial charge on any atom is 0.302 e. The van der Waals surface area contributed by atoms with E-state index in [1.54, 1.807) is 0 Å². The van der Waals surface area contributed by atoms with Crippen molar-refractivity contribution in [1.29, 1.82) is 0 Å². The van der Waals surface area contributed by atoms with Gasteiger partial charge in [-0.05, 0) is 12.3 Å². The second-order valence-corrected chi connectivity index (χ2v) is 6.37. The molecule has 9 nitrogen and oxygen atoms in total. The second-order valence-electron chi connectivity index (χ2n) is 6.01. The van der Waals surface area contributed by atoms with Crippen LogP contribution in [0.15, 0.2) is 4.99 Å². The van der Waals surface area contributed by atoms with Gasteiger partial charge in [0.1, 0.15) is 0 Å². The molecule has 10 heteroatoms. The smallest absolute Gasteiger partial charge is 0.302 e. The number of anilines is 2. The summed E-state index contributed by atoms with van der Waals surface area (Å²) in [7, 11) is 0. The van der Waals surface area contributed by atoms with E-state index in [1.807, 2.05) is 11.8 Å². The number of nitrogens with zero attached hydrogens (tertiary/aromatic N) is 4. The molecule has 0 aromatic carbocycles. The second kappa shape index (κ2) is 9.91. The molecule has 26 heavy (non-hydrogen) atoms. The zero-order chi connectivity index (χ0) is 19.9. The monoisotopic (exact) mass is 383 g/mol. The zero-order valence-corrected chi connectivity index (χ0v) is 16.3. The third-order valence-corrected chi connectivity index (χ3v) is 3.87. The number of hydrogen-bond acceptors (Lipinski definition) is 6. The number of carbonyl (C=O) groups excluding carboxylic acids is 2. The summed E-state index contributed by atoms with van der Waals surface area (Å²) in [5.41, 5.74) is 11.1. The maximum absolute atomic E-state index is 12.2. The number of nitrogen functional groups attached to an aromatic ring is 1. The molecular weight excluding hydrogens is 358 g/mol. The zero-order valence-electron chi connectivity index (χ0n) is 15.5. The van der Waals surface area contributed by atoms with Crippen molar-refractivity contribution < 1.29 is 9.59 Å². The molecule has 0 aliphatic rings. The Bertz CT molecular complexity index is 693. The number of aromatic nitrogens is 2. The number of guanidine groups is 1. The van der Waals surface area contributed by atoms with Gasteiger partial charge in [-0.25, -0.2) is 9.97 Å². The summed E-state index contributed by atoms with van der Waals surface area (Å²) in [5.74, 6) is -0.872. The molecule has 1 aromatic heterocycles. The number of nitrogens with one attached hydrogen (secondary N) is 1. The van der Waals surface area contributed by atoms with Crippen LogP contribution in [0.4, 0.5) is 11.6 Å². The van der Waals surface area contributed by atoms with Gasteiger partial charge in [-0.15, -0.1) is 0 Å². The maximum atomic E-state index is 12.2. The van der Waals surface area contributed by atoms with Gasteiger partial charge in [0, 0.05) is 20.0 Å². The highest BCUT2D eigenvalue weighted by Crippen LogP contribution is 2.26. The van der Waals surface area contributed by atoms with E-state index in [9.17, 15) is 9.59 Å². The minimum absolute atomic E-state index is 0.0626. The van der Waals surface area contributed by atoms with Crippen LogP contribution in [-0.4, -0.2) is 40.8 Å². The topological polar surface area (TPSA) is 140 Å². The lowest BCUT2D eigenvalue weighted by Gasteiger charge is -2.27. The standard InChI is InChI=1S/C16H26ClN7O2/c1-5-7-24(8-9(3)6-2)14-12(17)21-11(13(18)22-14)15(26)23-16(19)20-10(4)25/h9H,5-8H2,1-4H3,(H2,18,22)(H3,19,20,23,25,26). The average molecular weight is 384 g/mol. The minimum Gasteiger partial charge on any atom is -0.382 e. The fraction of sp³-hybridized carbons (Fsp3) is 0.562. The van der Waals surface area contributed by atoms with Crippen molar-refractivity contribution in [1.82, 2.24) is 15.3 Å². The van der Waals surface area contributed by atoms with Crippen LogP contribution in [0.2, 0.25) is 5.15 Å². The highest BCUT2D eigenvalue weighted by atomic mass is 35.5. The highest BCUT2D eigenvalue weighted by Gasteiger charge is 2.21. The van der Waals surface area contributed by atoms with Gasteiger partial charge in [0.2, 0.25) is 11.9 Å². The highest BCUT2D eigenvalue weighted by molar-refractivity contribution is 6.32. The lowest BCUT2D eigenvalue weighted by molar-refractivity contribution is -0.117. The van der Waals surface area contributed by atoms with E-state index in [2.05, 4.69) is 34.1 Å². The van der Waals surface area contributed by atoms with Crippen molar-refractivity contribution in [3.8, 4) is 0 Å². The SMILES string of the molecule is CCCN(CC(C)CC)c1nc(N)c(C(=O)N=C(N)NC(C)=O)nc1Cl. The molecule has 1 rings (SSSR count). The number of rotatable bonds is 7. The van der Waals surface area contributed by atoms with E-state index < -0.39 is 11.8 Å². The fourth-order valence-corrected chi connectivity index (χ4v) is 2.45. The molecule has 2 amide bonds. The molecule has 1 heterocycles. The van der Waals surface area contributed by atoms with Crippen LogP contribution in [-0.2, 0) is 4.79 Å². The largest absolute Gasteiger partial charge is 0.382 e. The Morgan fingerprint density at radius 3 is 2.54 bits per heavy atom. The predicted octanol–water partition coefficient (Wildman–Crippen LogP) is 1.57. The lowest BCUT2D eigenvalue weighted by Crippen LogP contribution is -2.36. The van der Waals surface area contributed by atoms with Crippen LogP contribution in [0, 0.1) is 5.92 Å². The molecule has 0 fully saturated rings. The van der Waals surface area contributed by atoms with E-state index in [-0.39, 0.29) is 22.6 Å². The molecule has 0 radical (unpaired) electrons. The van der Waals surface area contributed by atoms with Crippen molar-refractivity contribution in [3.63, 3.8) is 0 Å². The van der Waals surface area contributed by atoms with E-state index in [1.165, 1.54) is 6.92 Å². The summed E-state index contributed by atoms with van der Waals surface area (Å²) in [6, 6.07) is 0. The molecule has 0 saturated carbocycles. The van der Waals surface area contributed by atoms with Crippen molar-refractivity contribution in [2.75, 3.05) is 23.7 Å². The minimum atomic E-state index is -0.835. The third kappa shape index (κ3) is 6.14. The summed E-state index contributed by atoms with van der Waals surface area (Å²) >= 11 is 6.25. The molecule has 0 aliphatic carbocycles. The number of nitrogens with two attached hydrogens (primary N) is 2. The van der Waals surface area contributed by atoms with Crippen LogP contribution in [0.25, 0.3) is 0 Å². The summed E-state index contributed by atoms with van der Waals surface area (Å²) in [4.78, 5) is 36.9. The van der Waals surface area contributed by atoms with Gasteiger partial charge in [0.25, 0.3) is 0 Å². The van der Waals surface area contributed by atoms with Crippen LogP contribution >= 0.6 is 11.6 Å². The van der Waals surface area contributed by atoms with Crippen LogP contribution in [0.5, 0.6) is 0 Å². The van der Waals surface area contributed by atoms with E-state index in [0.717, 1.165) is 25.9 Å². The quantitative estimate of drug-likeness (QED) is 0.479. The van der Waals surface area contributed by atoms with Crippen LogP contribution < -0.4 is 21.7 Å². The van der Waals surface area contributed by atoms with Crippen LogP contribution in [0.3, 0.4) is 0 Å². The first-order valence-corrected chi connectivity index (χ1v) is 8.81. The van der Waals surface area contributed by atoms with Crippen molar-refractivity contribution in [3.05, 3.63) is 10.8 Å². The number of halogens is 1. The molecule has 5 N–H and O–H groups in total. The normalized spacial score (nSPS) is 12.6. The molecule has 0 saturated heterocycles. The predicted molar refractivity (Wildman–Crippen MR) is 103 cm³/mol. The first kappa shape index (κ1) is 21.6. The van der Waals surface area contributed by atoms with Crippen molar-refractivity contribution in [2.45, 2.75) is 40.5 Å². The fourth-order valence-electron chi connectivity index (χ4n) is 2.21. The molecule has 1 atom stereocenters. The number of aliphatic imine (C=N–C) groups is 1. The molecule has 0 spiro atoms. The Morgan fingerprint density at radius 1 is 1.35 bits per heavy atom. The number of hydrogen-bond donors (Lipinski definition) is 3. The average Bonchev–Trinajstić information content (AvgIpc) is 2.55. The van der Waals surface area contributed by atoms with Gasteiger partial charge in [0.15, 0.2) is 22.5 Å². The van der Waals surface area contributed by atoms with Gasteiger partial charge >= 0.3 is 5.91 Å². The molecule has 0 aliphatic heterocycles. The Hall–Kier alpha value is -2.42. The Balaban J connectivity index is 3.16. The number of amides is 2. The van der Waals surface area contributed by atoms with Gasteiger partial charge in [-0.2, -0.15) is 4.99 Å². The molecule has 0 bridgehead atoms. The van der Waals surface area contributed by atoms with Crippen LogP contribution in [0.1, 0.15) is 51.0 Å². The third-order valence-electron chi connectivity index (χ3n) is 3.61.